The Morgan fingerprint density at radius 2 is 1.85 bits per heavy atom. The van der Waals surface area contributed by atoms with E-state index in [2.05, 4.69) is 17.3 Å². The Hall–Kier alpha value is -0.570. The van der Waals surface area contributed by atoms with Crippen molar-refractivity contribution in [1.29, 1.82) is 0 Å². The highest BCUT2D eigenvalue weighted by atomic mass is 16.2. The van der Waals surface area contributed by atoms with Crippen LogP contribution in [0.2, 0.25) is 0 Å². The van der Waals surface area contributed by atoms with Crippen LogP contribution in [0.3, 0.4) is 0 Å². The first-order chi connectivity index (χ1) is 6.25. The fourth-order valence-corrected chi connectivity index (χ4v) is 1.82. The van der Waals surface area contributed by atoms with Crippen LogP contribution in [0.4, 0.5) is 0 Å². The molecule has 1 aliphatic heterocycles. The number of nitrogens with zero attached hydrogens (tertiary/aromatic N) is 1. The molecule has 0 unspecified atom stereocenters. The smallest absolute Gasteiger partial charge is 0.223 e. The van der Waals surface area contributed by atoms with Crippen molar-refractivity contribution in [3.8, 4) is 0 Å². The number of likely N-dealkylation sites (tertiary alicyclic amines) is 1. The molecule has 13 heavy (non-hydrogen) atoms. The van der Waals surface area contributed by atoms with Crippen LogP contribution in [-0.4, -0.2) is 37.0 Å². The minimum Gasteiger partial charge on any atom is -0.353 e. The van der Waals surface area contributed by atoms with Crippen LogP contribution in [0.1, 0.15) is 25.7 Å². The zero-order valence-corrected chi connectivity index (χ0v) is 8.25. The van der Waals surface area contributed by atoms with Gasteiger partial charge in [-0.15, -0.1) is 0 Å². The Kier molecular flexibility index (Phi) is 2.54. The molecule has 1 aliphatic carbocycles. The summed E-state index contributed by atoms with van der Waals surface area (Å²) in [7, 11) is 2.12. The van der Waals surface area contributed by atoms with Gasteiger partial charge < -0.3 is 10.2 Å². The molecule has 1 N–H and O–H groups in total. The molecule has 0 radical (unpaired) electrons. The van der Waals surface area contributed by atoms with Crippen molar-refractivity contribution in [2.45, 2.75) is 31.7 Å². The fraction of sp³-hybridized carbons (Fsp3) is 0.900. The topological polar surface area (TPSA) is 32.3 Å². The fourth-order valence-electron chi connectivity index (χ4n) is 1.82. The van der Waals surface area contributed by atoms with Crippen molar-refractivity contribution in [3.63, 3.8) is 0 Å². The van der Waals surface area contributed by atoms with Crippen LogP contribution in [-0.2, 0) is 4.79 Å². The van der Waals surface area contributed by atoms with Gasteiger partial charge in [0, 0.05) is 12.0 Å². The first kappa shape index (κ1) is 9.00. The molecule has 1 heterocycles. The number of rotatable bonds is 2. The summed E-state index contributed by atoms with van der Waals surface area (Å²) < 4.78 is 0. The van der Waals surface area contributed by atoms with Crippen LogP contribution in [0.5, 0.6) is 0 Å². The van der Waals surface area contributed by atoms with Crippen LogP contribution >= 0.6 is 0 Å². The van der Waals surface area contributed by atoms with Gasteiger partial charge in [-0.3, -0.25) is 4.79 Å². The summed E-state index contributed by atoms with van der Waals surface area (Å²) in [6, 6.07) is 0.521. The van der Waals surface area contributed by atoms with Gasteiger partial charge in [-0.05, 0) is 45.8 Å². The largest absolute Gasteiger partial charge is 0.353 e. The second-order valence-electron chi connectivity index (χ2n) is 4.36. The number of amides is 1. The highest BCUT2D eigenvalue weighted by molar-refractivity contribution is 5.79. The summed E-state index contributed by atoms with van der Waals surface area (Å²) in [6.45, 7) is 2.14. The Morgan fingerprint density at radius 1 is 1.23 bits per heavy atom. The molecule has 2 aliphatic rings. The predicted molar refractivity (Wildman–Crippen MR) is 51.4 cm³/mol. The Morgan fingerprint density at radius 3 is 2.38 bits per heavy atom. The van der Waals surface area contributed by atoms with Gasteiger partial charge in [0.25, 0.3) is 0 Å². The molecule has 0 bridgehead atoms. The minimum atomic E-state index is 0.289. The zero-order chi connectivity index (χ0) is 9.26. The average Bonchev–Trinajstić information content (AvgIpc) is 2.89. The molecule has 1 saturated heterocycles. The highest BCUT2D eigenvalue weighted by Gasteiger charge is 2.28. The maximum atomic E-state index is 11.6. The van der Waals surface area contributed by atoms with Crippen LogP contribution in [0, 0.1) is 5.92 Å². The van der Waals surface area contributed by atoms with Gasteiger partial charge in [-0.1, -0.05) is 0 Å². The Bertz CT molecular complexity index is 193. The summed E-state index contributed by atoms with van der Waals surface area (Å²) in [4.78, 5) is 13.9. The molecule has 1 amide bonds. The number of hydrogen-bond acceptors (Lipinski definition) is 2. The van der Waals surface area contributed by atoms with E-state index in [0.29, 0.717) is 11.9 Å². The van der Waals surface area contributed by atoms with E-state index in [0.717, 1.165) is 25.9 Å². The molecule has 3 nitrogen and oxygen atoms in total. The molecule has 3 heteroatoms. The van der Waals surface area contributed by atoms with Crippen molar-refractivity contribution in [2.75, 3.05) is 20.1 Å². The summed E-state index contributed by atoms with van der Waals surface area (Å²) in [5.74, 6) is 0.590. The molecule has 2 rings (SSSR count). The van der Waals surface area contributed by atoms with E-state index < -0.39 is 0 Å². The first-order valence-corrected chi connectivity index (χ1v) is 5.24. The molecule has 0 aromatic carbocycles. The quantitative estimate of drug-likeness (QED) is 0.678. The van der Waals surface area contributed by atoms with E-state index in [4.69, 9.17) is 0 Å². The zero-order valence-electron chi connectivity index (χ0n) is 8.25. The molecule has 0 atom stereocenters. The number of carbonyl (C=O) groups excluding carboxylic acids is 1. The maximum absolute atomic E-state index is 11.6. The van der Waals surface area contributed by atoms with Gasteiger partial charge >= 0.3 is 0 Å². The lowest BCUT2D eigenvalue weighted by Crippen LogP contribution is -2.39. The van der Waals surface area contributed by atoms with Crippen molar-refractivity contribution in [3.05, 3.63) is 0 Å². The van der Waals surface area contributed by atoms with Crippen molar-refractivity contribution >= 4 is 5.91 Å². The number of piperidine rings is 1. The van der Waals surface area contributed by atoms with E-state index in [1.165, 1.54) is 12.8 Å². The Labute approximate surface area is 79.5 Å². The van der Waals surface area contributed by atoms with E-state index >= 15 is 0 Å². The van der Waals surface area contributed by atoms with E-state index in [1.807, 2.05) is 0 Å². The average molecular weight is 182 g/mol. The molecular formula is C10H18N2O. The van der Waals surface area contributed by atoms with E-state index in [9.17, 15) is 4.79 Å². The molecule has 0 spiro atoms. The Balaban J connectivity index is 1.75. The molecule has 0 aromatic heterocycles. The molecular weight excluding hydrogens is 164 g/mol. The van der Waals surface area contributed by atoms with Gasteiger partial charge in [0.2, 0.25) is 5.91 Å². The van der Waals surface area contributed by atoms with Gasteiger partial charge in [-0.25, -0.2) is 0 Å². The summed E-state index contributed by atoms with van der Waals surface area (Å²) in [5, 5.41) is 3.08. The number of nitrogens with one attached hydrogen (secondary N) is 1. The lowest BCUT2D eigenvalue weighted by Gasteiger charge is -2.28. The van der Waals surface area contributed by atoms with Crippen molar-refractivity contribution in [2.24, 2.45) is 5.92 Å². The lowest BCUT2D eigenvalue weighted by molar-refractivity contribution is -0.126. The third kappa shape index (κ3) is 2.44. The molecule has 1 saturated carbocycles. The summed E-state index contributed by atoms with van der Waals surface area (Å²) in [5.41, 5.74) is 0. The standard InChI is InChI=1S/C10H18N2O/c1-12-6-4-8(5-7-12)10(13)11-9-2-3-9/h8-9H,2-7H2,1H3,(H,11,13). The van der Waals surface area contributed by atoms with Gasteiger partial charge in [0.1, 0.15) is 0 Å². The third-order valence-electron chi connectivity index (χ3n) is 3.01. The van der Waals surface area contributed by atoms with Crippen molar-refractivity contribution < 1.29 is 4.79 Å². The highest BCUT2D eigenvalue weighted by Crippen LogP contribution is 2.22. The monoisotopic (exact) mass is 182 g/mol. The predicted octanol–water partition coefficient (Wildman–Crippen LogP) is 0.607. The first-order valence-electron chi connectivity index (χ1n) is 5.24. The summed E-state index contributed by atoms with van der Waals surface area (Å²) in [6.07, 6.45) is 4.46. The SMILES string of the molecule is CN1CCC(C(=O)NC2CC2)CC1. The number of hydrogen-bond donors (Lipinski definition) is 1. The molecule has 0 aromatic rings. The maximum Gasteiger partial charge on any atom is 0.223 e. The second kappa shape index (κ2) is 3.66. The van der Waals surface area contributed by atoms with Crippen LogP contribution < -0.4 is 5.32 Å². The van der Waals surface area contributed by atoms with Crippen LogP contribution in [0.25, 0.3) is 0 Å². The minimum absolute atomic E-state index is 0.289. The van der Waals surface area contributed by atoms with Gasteiger partial charge in [-0.2, -0.15) is 0 Å². The summed E-state index contributed by atoms with van der Waals surface area (Å²) >= 11 is 0. The number of carbonyl (C=O) groups is 1. The van der Waals surface area contributed by atoms with Crippen LogP contribution in [0.15, 0.2) is 0 Å². The molecule has 2 fully saturated rings. The van der Waals surface area contributed by atoms with Crippen molar-refractivity contribution in [1.82, 2.24) is 10.2 Å². The lowest BCUT2D eigenvalue weighted by atomic mass is 9.96. The van der Waals surface area contributed by atoms with E-state index in [-0.39, 0.29) is 5.92 Å². The third-order valence-corrected chi connectivity index (χ3v) is 3.01. The molecule has 74 valence electrons. The normalized spacial score (nSPS) is 25.9. The van der Waals surface area contributed by atoms with Gasteiger partial charge in [0.05, 0.1) is 0 Å². The van der Waals surface area contributed by atoms with Gasteiger partial charge in [0.15, 0.2) is 0 Å². The second-order valence-corrected chi connectivity index (χ2v) is 4.36. The van der Waals surface area contributed by atoms with E-state index in [1.54, 1.807) is 0 Å².